The highest BCUT2D eigenvalue weighted by Gasteiger charge is 2.44. The molecular weight excluding hydrogens is 332 g/mol. The minimum atomic E-state index is -1.14. The van der Waals surface area contributed by atoms with E-state index in [-0.39, 0.29) is 16.6 Å². The summed E-state index contributed by atoms with van der Waals surface area (Å²) >= 11 is 0. The molecule has 1 aliphatic carbocycles. The Morgan fingerprint density at radius 2 is 1.85 bits per heavy atom. The number of carbonyl (C=O) groups is 3. The second-order valence-corrected chi connectivity index (χ2v) is 8.61. The van der Waals surface area contributed by atoms with Gasteiger partial charge < -0.3 is 9.47 Å². The number of Topliss-reactive ketones (excluding diaryl/α,β-unsaturated/α-hetero) is 1. The maximum Gasteiger partial charge on any atom is 0.342 e. The fourth-order valence-corrected chi connectivity index (χ4v) is 4.80. The molecule has 1 aromatic carbocycles. The fourth-order valence-electron chi connectivity index (χ4n) is 4.80. The molecule has 1 heterocycles. The molecule has 140 valence electrons. The van der Waals surface area contributed by atoms with Gasteiger partial charge in [0.15, 0.2) is 5.78 Å². The van der Waals surface area contributed by atoms with Crippen LogP contribution in [0.4, 0.5) is 0 Å². The van der Waals surface area contributed by atoms with Crippen LogP contribution in [0.15, 0.2) is 12.1 Å². The molecule has 2 aliphatic rings. The van der Waals surface area contributed by atoms with Gasteiger partial charge in [-0.1, -0.05) is 33.3 Å². The summed E-state index contributed by atoms with van der Waals surface area (Å²) in [5, 5.41) is 0. The number of cyclic esters (lactones) is 1. The topological polar surface area (TPSA) is 69.7 Å². The number of esters is 2. The van der Waals surface area contributed by atoms with Gasteiger partial charge in [0.1, 0.15) is 0 Å². The monoisotopic (exact) mass is 358 g/mol. The van der Waals surface area contributed by atoms with Gasteiger partial charge >= 0.3 is 11.9 Å². The lowest BCUT2D eigenvalue weighted by atomic mass is 9.60. The van der Waals surface area contributed by atoms with Crippen molar-refractivity contribution in [3.63, 3.8) is 0 Å². The van der Waals surface area contributed by atoms with Crippen molar-refractivity contribution in [3.8, 4) is 0 Å². The predicted octanol–water partition coefficient (Wildman–Crippen LogP) is 4.48. The van der Waals surface area contributed by atoms with Crippen LogP contribution in [0.25, 0.3) is 0 Å². The first-order chi connectivity index (χ1) is 12.0. The average Bonchev–Trinajstić information content (AvgIpc) is 2.80. The van der Waals surface area contributed by atoms with Crippen molar-refractivity contribution in [1.82, 2.24) is 0 Å². The Morgan fingerprint density at radius 3 is 2.42 bits per heavy atom. The smallest absolute Gasteiger partial charge is 0.342 e. The Labute approximate surface area is 154 Å². The van der Waals surface area contributed by atoms with Crippen LogP contribution in [0, 0.1) is 5.41 Å². The standard InChI is InChI=1S/C21H26O5/c1-12(22)16-15(21(5)10-6-9-20(3,4)11-21)8-7-14-17(16)19(25-13(2)23)26-18(14)24/h7-8,19H,6,9-11H2,1-5H3/t19-,21-/m0/s1. The molecule has 0 spiro atoms. The van der Waals surface area contributed by atoms with E-state index in [0.717, 1.165) is 31.2 Å². The van der Waals surface area contributed by atoms with E-state index in [1.54, 1.807) is 6.07 Å². The molecule has 0 saturated heterocycles. The first-order valence-corrected chi connectivity index (χ1v) is 9.11. The normalized spacial score (nSPS) is 26.8. The van der Waals surface area contributed by atoms with Crippen LogP contribution in [0.5, 0.6) is 0 Å². The maximum atomic E-state index is 12.6. The SMILES string of the molecule is CC(=O)O[C@H]1OC(=O)c2ccc([C@@]3(C)CCCC(C)(C)C3)c(C(C)=O)c21. The van der Waals surface area contributed by atoms with Gasteiger partial charge in [0.2, 0.25) is 0 Å². The van der Waals surface area contributed by atoms with Gasteiger partial charge in [0.05, 0.1) is 11.1 Å². The van der Waals surface area contributed by atoms with Crippen molar-refractivity contribution in [1.29, 1.82) is 0 Å². The van der Waals surface area contributed by atoms with Gasteiger partial charge in [0.25, 0.3) is 6.29 Å². The van der Waals surface area contributed by atoms with E-state index in [4.69, 9.17) is 9.47 Å². The quantitative estimate of drug-likeness (QED) is 0.588. The third-order valence-corrected chi connectivity index (χ3v) is 5.64. The van der Waals surface area contributed by atoms with Crippen LogP contribution < -0.4 is 0 Å². The highest BCUT2D eigenvalue weighted by Crippen LogP contribution is 2.50. The molecule has 5 nitrogen and oxygen atoms in total. The molecule has 0 radical (unpaired) electrons. The molecule has 2 atom stereocenters. The summed E-state index contributed by atoms with van der Waals surface area (Å²) in [5.74, 6) is -1.26. The van der Waals surface area contributed by atoms with Crippen molar-refractivity contribution >= 4 is 17.7 Å². The van der Waals surface area contributed by atoms with Crippen molar-refractivity contribution in [2.24, 2.45) is 5.41 Å². The molecule has 1 saturated carbocycles. The molecule has 0 bridgehead atoms. The fraction of sp³-hybridized carbons (Fsp3) is 0.571. The van der Waals surface area contributed by atoms with E-state index in [2.05, 4.69) is 20.8 Å². The second kappa shape index (κ2) is 6.22. The van der Waals surface area contributed by atoms with Gasteiger partial charge in [-0.25, -0.2) is 4.79 Å². The van der Waals surface area contributed by atoms with Crippen LogP contribution >= 0.6 is 0 Å². The third kappa shape index (κ3) is 3.15. The van der Waals surface area contributed by atoms with Crippen molar-refractivity contribution < 1.29 is 23.9 Å². The number of ether oxygens (including phenoxy) is 2. The molecule has 0 N–H and O–H groups in total. The molecule has 1 aromatic rings. The molecule has 0 aromatic heterocycles. The largest absolute Gasteiger partial charge is 0.421 e. The van der Waals surface area contributed by atoms with Crippen LogP contribution in [-0.2, 0) is 19.7 Å². The molecule has 1 aliphatic heterocycles. The van der Waals surface area contributed by atoms with Crippen LogP contribution in [0.2, 0.25) is 0 Å². The van der Waals surface area contributed by atoms with Gasteiger partial charge in [-0.05, 0) is 48.6 Å². The maximum absolute atomic E-state index is 12.6. The van der Waals surface area contributed by atoms with Gasteiger partial charge in [-0.15, -0.1) is 0 Å². The summed E-state index contributed by atoms with van der Waals surface area (Å²) < 4.78 is 10.4. The van der Waals surface area contributed by atoms with Gasteiger partial charge in [-0.2, -0.15) is 0 Å². The summed E-state index contributed by atoms with van der Waals surface area (Å²) in [4.78, 5) is 36.2. The third-order valence-electron chi connectivity index (χ3n) is 5.64. The Kier molecular flexibility index (Phi) is 4.45. The number of hydrogen-bond donors (Lipinski definition) is 0. The lowest BCUT2D eigenvalue weighted by Gasteiger charge is -2.44. The van der Waals surface area contributed by atoms with Crippen LogP contribution in [0.1, 0.15) is 98.4 Å². The number of benzene rings is 1. The van der Waals surface area contributed by atoms with E-state index >= 15 is 0 Å². The Balaban J connectivity index is 2.18. The van der Waals surface area contributed by atoms with E-state index in [9.17, 15) is 14.4 Å². The Hall–Kier alpha value is -2.17. The minimum Gasteiger partial charge on any atom is -0.421 e. The number of fused-ring (bicyclic) bond motifs is 1. The first-order valence-electron chi connectivity index (χ1n) is 9.11. The minimum absolute atomic E-state index is 0.142. The van der Waals surface area contributed by atoms with Crippen molar-refractivity contribution in [2.45, 2.75) is 72.0 Å². The number of ketones is 1. The summed E-state index contributed by atoms with van der Waals surface area (Å²) in [6.07, 6.45) is 3.02. The number of hydrogen-bond acceptors (Lipinski definition) is 5. The van der Waals surface area contributed by atoms with Gasteiger partial charge in [-0.3, -0.25) is 9.59 Å². The summed E-state index contributed by atoms with van der Waals surface area (Å²) in [7, 11) is 0. The van der Waals surface area contributed by atoms with Crippen LogP contribution in [0.3, 0.4) is 0 Å². The molecule has 26 heavy (non-hydrogen) atoms. The average molecular weight is 358 g/mol. The highest BCUT2D eigenvalue weighted by atomic mass is 16.7. The molecule has 0 amide bonds. The lowest BCUT2D eigenvalue weighted by Crippen LogP contribution is -2.35. The Morgan fingerprint density at radius 1 is 1.15 bits per heavy atom. The van der Waals surface area contributed by atoms with E-state index < -0.39 is 18.2 Å². The van der Waals surface area contributed by atoms with Crippen molar-refractivity contribution in [3.05, 3.63) is 34.4 Å². The zero-order chi connectivity index (χ0) is 19.3. The lowest BCUT2D eigenvalue weighted by molar-refractivity contribution is -0.164. The molecular formula is C21H26O5. The Bertz CT molecular complexity index is 790. The highest BCUT2D eigenvalue weighted by molar-refractivity contribution is 6.03. The summed E-state index contributed by atoms with van der Waals surface area (Å²) in [6.45, 7) is 9.43. The molecule has 5 heteroatoms. The second-order valence-electron chi connectivity index (χ2n) is 8.61. The first kappa shape index (κ1) is 18.6. The zero-order valence-corrected chi connectivity index (χ0v) is 16.1. The summed E-state index contributed by atoms with van der Waals surface area (Å²) in [6, 6.07) is 3.59. The van der Waals surface area contributed by atoms with Crippen molar-refractivity contribution in [2.75, 3.05) is 0 Å². The van der Waals surface area contributed by atoms with E-state index in [1.807, 2.05) is 6.07 Å². The van der Waals surface area contributed by atoms with Gasteiger partial charge in [0, 0.05) is 12.5 Å². The number of rotatable bonds is 3. The number of carbonyl (C=O) groups excluding carboxylic acids is 3. The zero-order valence-electron chi connectivity index (χ0n) is 16.1. The molecule has 3 rings (SSSR count). The van der Waals surface area contributed by atoms with Crippen LogP contribution in [-0.4, -0.2) is 17.7 Å². The van der Waals surface area contributed by atoms with E-state index in [1.165, 1.54) is 13.8 Å². The summed E-state index contributed by atoms with van der Waals surface area (Å²) in [5.41, 5.74) is 2.11. The predicted molar refractivity (Wildman–Crippen MR) is 96.0 cm³/mol. The molecule has 1 fully saturated rings. The van der Waals surface area contributed by atoms with E-state index in [0.29, 0.717) is 16.7 Å². The molecule has 0 unspecified atom stereocenters.